The number of nitrogens with one attached hydrogen (secondary N) is 1. The van der Waals surface area contributed by atoms with Crippen LogP contribution in [0.5, 0.6) is 0 Å². The van der Waals surface area contributed by atoms with Crippen LogP contribution in [0.25, 0.3) is 0 Å². The first kappa shape index (κ1) is 12.4. The molecule has 0 spiro atoms. The third-order valence-corrected chi connectivity index (χ3v) is 3.96. The van der Waals surface area contributed by atoms with Crippen molar-refractivity contribution in [3.63, 3.8) is 0 Å². The zero-order chi connectivity index (χ0) is 13.2. The van der Waals surface area contributed by atoms with Gasteiger partial charge in [0.2, 0.25) is 0 Å². The van der Waals surface area contributed by atoms with E-state index in [0.29, 0.717) is 18.6 Å². The predicted molar refractivity (Wildman–Crippen MR) is 68.3 cm³/mol. The van der Waals surface area contributed by atoms with Crippen molar-refractivity contribution in [2.75, 3.05) is 6.54 Å². The molecule has 104 valence electrons. The second kappa shape index (κ2) is 5.14. The van der Waals surface area contributed by atoms with Crippen LogP contribution in [-0.2, 0) is 6.54 Å². The second-order valence-electron chi connectivity index (χ2n) is 5.33. The molecule has 1 aliphatic carbocycles. The quantitative estimate of drug-likeness (QED) is 0.883. The minimum Gasteiger partial charge on any atom is -0.331 e. The number of hydrogen-bond donors (Lipinski definition) is 1. The van der Waals surface area contributed by atoms with E-state index >= 15 is 0 Å². The largest absolute Gasteiger partial charge is 0.331 e. The minimum absolute atomic E-state index is 0.00898. The highest BCUT2D eigenvalue weighted by Crippen LogP contribution is 2.34. The third-order valence-electron chi connectivity index (χ3n) is 3.96. The Balaban J connectivity index is 1.56. The third kappa shape index (κ3) is 2.54. The molecule has 2 aliphatic rings. The number of carbonyl (C=O) groups is 1. The molecule has 3 rings (SSSR count). The maximum atomic E-state index is 12.1. The zero-order valence-corrected chi connectivity index (χ0v) is 11.2. The van der Waals surface area contributed by atoms with Crippen LogP contribution >= 0.6 is 0 Å². The van der Waals surface area contributed by atoms with Crippen molar-refractivity contribution < 1.29 is 4.79 Å². The highest BCUT2D eigenvalue weighted by atomic mass is 16.2. The monoisotopic (exact) mass is 264 g/mol. The fraction of sp³-hybridized carbons (Fsp3) is 0.833. The molecule has 7 nitrogen and oxygen atoms in total. The van der Waals surface area contributed by atoms with E-state index in [1.165, 1.54) is 0 Å². The molecule has 1 N–H and O–H groups in total. The van der Waals surface area contributed by atoms with E-state index in [-0.39, 0.29) is 6.03 Å². The lowest BCUT2D eigenvalue weighted by Crippen LogP contribution is -2.42. The first-order valence-electron chi connectivity index (χ1n) is 7.10. The Kier molecular flexibility index (Phi) is 3.35. The number of amides is 2. The maximum absolute atomic E-state index is 12.1. The van der Waals surface area contributed by atoms with Crippen molar-refractivity contribution in [1.82, 2.24) is 30.4 Å². The smallest absolute Gasteiger partial charge is 0.318 e. The summed E-state index contributed by atoms with van der Waals surface area (Å²) in [5, 5.41) is 14.6. The molecule has 0 unspecified atom stereocenters. The molecule has 1 aliphatic heterocycles. The van der Waals surface area contributed by atoms with E-state index < -0.39 is 0 Å². The maximum Gasteiger partial charge on any atom is 0.318 e. The van der Waals surface area contributed by atoms with Gasteiger partial charge >= 0.3 is 6.03 Å². The molecule has 1 aromatic rings. The Morgan fingerprint density at radius 3 is 3.00 bits per heavy atom. The molecule has 2 fully saturated rings. The van der Waals surface area contributed by atoms with Crippen LogP contribution in [0.3, 0.4) is 0 Å². The molecular formula is C12H20N6O. The number of likely N-dealkylation sites (tertiary alicyclic amines) is 1. The van der Waals surface area contributed by atoms with Gasteiger partial charge in [0.25, 0.3) is 0 Å². The zero-order valence-electron chi connectivity index (χ0n) is 11.2. The lowest BCUT2D eigenvalue weighted by atomic mass is 10.2. The molecule has 1 saturated carbocycles. The first-order chi connectivity index (χ1) is 9.29. The highest BCUT2D eigenvalue weighted by molar-refractivity contribution is 5.74. The van der Waals surface area contributed by atoms with Gasteiger partial charge in [-0.15, -0.1) is 5.10 Å². The van der Waals surface area contributed by atoms with Gasteiger partial charge in [0.05, 0.1) is 12.6 Å². The first-order valence-corrected chi connectivity index (χ1v) is 7.10. The predicted octanol–water partition coefficient (Wildman–Crippen LogP) is 1.09. The van der Waals surface area contributed by atoms with Gasteiger partial charge in [0, 0.05) is 12.6 Å². The van der Waals surface area contributed by atoms with E-state index in [2.05, 4.69) is 27.8 Å². The van der Waals surface area contributed by atoms with Crippen molar-refractivity contribution in [1.29, 1.82) is 0 Å². The molecule has 7 heteroatoms. The second-order valence-corrected chi connectivity index (χ2v) is 5.33. The lowest BCUT2D eigenvalue weighted by Gasteiger charge is -2.23. The fourth-order valence-corrected chi connectivity index (χ4v) is 2.72. The molecule has 2 heterocycles. The van der Waals surface area contributed by atoms with Crippen LogP contribution in [0.1, 0.15) is 50.9 Å². The average Bonchev–Trinajstić information content (AvgIpc) is 2.98. The Morgan fingerprint density at radius 1 is 1.42 bits per heavy atom. The van der Waals surface area contributed by atoms with Crippen molar-refractivity contribution in [2.45, 2.75) is 57.7 Å². The van der Waals surface area contributed by atoms with Crippen LogP contribution in [-0.4, -0.2) is 43.7 Å². The summed E-state index contributed by atoms with van der Waals surface area (Å²) in [6.07, 6.45) is 5.51. The standard InChI is InChI=1S/C12H20N6O/c1-2-9-4-3-7-17(9)12(19)13-8-11-14-15-16-18(11)10-5-6-10/h9-10H,2-8H2,1H3,(H,13,19)/t9-/m0/s1. The number of urea groups is 1. The summed E-state index contributed by atoms with van der Waals surface area (Å²) in [6.45, 7) is 3.40. The van der Waals surface area contributed by atoms with Crippen LogP contribution in [0.4, 0.5) is 4.79 Å². The van der Waals surface area contributed by atoms with Crippen molar-refractivity contribution >= 4 is 6.03 Å². The van der Waals surface area contributed by atoms with E-state index in [0.717, 1.165) is 44.5 Å². The summed E-state index contributed by atoms with van der Waals surface area (Å²) in [5.41, 5.74) is 0. The molecule has 0 bridgehead atoms. The summed E-state index contributed by atoms with van der Waals surface area (Å²) in [4.78, 5) is 14.1. The molecule has 1 aromatic heterocycles. The van der Waals surface area contributed by atoms with Crippen LogP contribution in [0, 0.1) is 0 Å². The summed E-state index contributed by atoms with van der Waals surface area (Å²) in [6, 6.07) is 0.839. The normalized spacial score (nSPS) is 22.8. The van der Waals surface area contributed by atoms with Gasteiger partial charge in [-0.3, -0.25) is 0 Å². The van der Waals surface area contributed by atoms with Gasteiger partial charge in [-0.05, 0) is 42.5 Å². The summed E-state index contributed by atoms with van der Waals surface area (Å²) in [5.74, 6) is 0.753. The Morgan fingerprint density at radius 2 is 2.26 bits per heavy atom. The fourth-order valence-electron chi connectivity index (χ4n) is 2.72. The number of rotatable bonds is 4. The van der Waals surface area contributed by atoms with Gasteiger partial charge < -0.3 is 10.2 Å². The van der Waals surface area contributed by atoms with Gasteiger partial charge in [0.1, 0.15) is 0 Å². The van der Waals surface area contributed by atoms with E-state index in [9.17, 15) is 4.79 Å². The average molecular weight is 264 g/mol. The van der Waals surface area contributed by atoms with E-state index in [4.69, 9.17) is 0 Å². The minimum atomic E-state index is 0.00898. The lowest BCUT2D eigenvalue weighted by molar-refractivity contribution is 0.190. The molecule has 0 radical (unpaired) electrons. The summed E-state index contributed by atoms with van der Waals surface area (Å²) in [7, 11) is 0. The molecule has 1 atom stereocenters. The number of nitrogens with zero attached hydrogens (tertiary/aromatic N) is 5. The van der Waals surface area contributed by atoms with Crippen LogP contribution in [0.15, 0.2) is 0 Å². The van der Waals surface area contributed by atoms with Crippen molar-refractivity contribution in [2.24, 2.45) is 0 Å². The highest BCUT2D eigenvalue weighted by Gasteiger charge is 2.29. The molecule has 1 saturated heterocycles. The van der Waals surface area contributed by atoms with Gasteiger partial charge in [-0.1, -0.05) is 6.92 Å². The Bertz CT molecular complexity index is 455. The number of hydrogen-bond acceptors (Lipinski definition) is 4. The van der Waals surface area contributed by atoms with E-state index in [1.54, 1.807) is 0 Å². The number of aromatic nitrogens is 4. The van der Waals surface area contributed by atoms with Crippen LogP contribution < -0.4 is 5.32 Å². The van der Waals surface area contributed by atoms with E-state index in [1.807, 2.05) is 9.58 Å². The van der Waals surface area contributed by atoms with Crippen molar-refractivity contribution in [3.05, 3.63) is 5.82 Å². The molecule has 2 amide bonds. The van der Waals surface area contributed by atoms with Gasteiger partial charge in [-0.25, -0.2) is 9.48 Å². The summed E-state index contributed by atoms with van der Waals surface area (Å²) < 4.78 is 1.83. The van der Waals surface area contributed by atoms with Gasteiger partial charge in [0.15, 0.2) is 5.82 Å². The Hall–Kier alpha value is -1.66. The SMILES string of the molecule is CC[C@H]1CCCN1C(=O)NCc1nnnn1C1CC1. The Labute approximate surface area is 112 Å². The number of carbonyl (C=O) groups excluding carboxylic acids is 1. The summed E-state index contributed by atoms with van der Waals surface area (Å²) >= 11 is 0. The number of tetrazole rings is 1. The topological polar surface area (TPSA) is 75.9 Å². The molecule has 0 aromatic carbocycles. The van der Waals surface area contributed by atoms with Gasteiger partial charge in [-0.2, -0.15) is 0 Å². The molecular weight excluding hydrogens is 244 g/mol. The molecule has 19 heavy (non-hydrogen) atoms. The van der Waals surface area contributed by atoms with Crippen LogP contribution in [0.2, 0.25) is 0 Å². The van der Waals surface area contributed by atoms with Crippen molar-refractivity contribution in [3.8, 4) is 0 Å².